The molecule has 4 nitrogen and oxygen atoms in total. The Labute approximate surface area is 135 Å². The van der Waals surface area contributed by atoms with Crippen LogP contribution in [0.3, 0.4) is 0 Å². The lowest BCUT2D eigenvalue weighted by molar-refractivity contribution is -0.146. The van der Waals surface area contributed by atoms with Gasteiger partial charge in [-0.25, -0.2) is 0 Å². The molecule has 2 aliphatic carbocycles. The maximum absolute atomic E-state index is 12.5. The van der Waals surface area contributed by atoms with Crippen molar-refractivity contribution in [3.8, 4) is 0 Å². The molecule has 0 spiro atoms. The molecule has 4 atom stereocenters. The zero-order chi connectivity index (χ0) is 15.1. The monoisotopic (exact) mass is 369 g/mol. The van der Waals surface area contributed by atoms with Crippen LogP contribution in [-0.4, -0.2) is 17.0 Å². The highest BCUT2D eigenvalue weighted by Crippen LogP contribution is 2.48. The van der Waals surface area contributed by atoms with E-state index in [-0.39, 0.29) is 17.7 Å². The molecule has 110 valence electrons. The van der Waals surface area contributed by atoms with Gasteiger partial charge >= 0.3 is 5.97 Å². The van der Waals surface area contributed by atoms with E-state index in [9.17, 15) is 14.7 Å². The van der Waals surface area contributed by atoms with E-state index in [4.69, 9.17) is 11.6 Å². The number of halogens is 2. The van der Waals surface area contributed by atoms with Crippen molar-refractivity contribution >= 4 is 45.1 Å². The number of aliphatic carboxylic acids is 1. The first-order chi connectivity index (χ1) is 9.97. The van der Waals surface area contributed by atoms with Crippen LogP contribution in [0.2, 0.25) is 5.02 Å². The van der Waals surface area contributed by atoms with E-state index in [2.05, 4.69) is 21.2 Å². The molecule has 4 unspecified atom stereocenters. The van der Waals surface area contributed by atoms with Gasteiger partial charge in [0.1, 0.15) is 0 Å². The van der Waals surface area contributed by atoms with Gasteiger partial charge in [0, 0.05) is 4.47 Å². The Morgan fingerprint density at radius 3 is 2.57 bits per heavy atom. The minimum Gasteiger partial charge on any atom is -0.481 e. The number of fused-ring (bicyclic) bond motifs is 2. The van der Waals surface area contributed by atoms with E-state index < -0.39 is 17.8 Å². The quantitative estimate of drug-likeness (QED) is 0.800. The number of anilines is 1. The Morgan fingerprint density at radius 1 is 1.24 bits per heavy atom. The number of amides is 1. The van der Waals surface area contributed by atoms with Crippen LogP contribution in [0, 0.1) is 23.7 Å². The van der Waals surface area contributed by atoms with Crippen LogP contribution >= 0.6 is 27.5 Å². The second-order valence-corrected chi connectivity index (χ2v) is 6.77. The van der Waals surface area contributed by atoms with E-state index in [1.165, 1.54) is 0 Å². The summed E-state index contributed by atoms with van der Waals surface area (Å²) in [5.74, 6) is -2.41. The molecule has 0 radical (unpaired) electrons. The van der Waals surface area contributed by atoms with Gasteiger partial charge in [0.05, 0.1) is 22.5 Å². The second kappa shape index (κ2) is 5.46. The zero-order valence-corrected chi connectivity index (χ0v) is 13.3. The van der Waals surface area contributed by atoms with Crippen LogP contribution in [0.15, 0.2) is 34.8 Å². The summed E-state index contributed by atoms with van der Waals surface area (Å²) in [5.41, 5.74) is 0.493. The van der Waals surface area contributed by atoms with E-state index in [1.807, 2.05) is 12.2 Å². The summed E-state index contributed by atoms with van der Waals surface area (Å²) in [4.78, 5) is 23.9. The molecule has 3 rings (SSSR count). The SMILES string of the molecule is O=C(O)C1C2C=CC(C2)C1C(=O)Nc1cc(Br)ccc1Cl. The Hall–Kier alpha value is -1.33. The van der Waals surface area contributed by atoms with Crippen molar-refractivity contribution in [1.29, 1.82) is 0 Å². The van der Waals surface area contributed by atoms with Crippen LogP contribution in [0.25, 0.3) is 0 Å². The highest BCUT2D eigenvalue weighted by Gasteiger charge is 2.51. The number of hydrogen-bond donors (Lipinski definition) is 2. The maximum Gasteiger partial charge on any atom is 0.307 e. The van der Waals surface area contributed by atoms with Gasteiger partial charge in [-0.2, -0.15) is 0 Å². The van der Waals surface area contributed by atoms with Gasteiger partial charge in [-0.1, -0.05) is 39.7 Å². The van der Waals surface area contributed by atoms with Crippen LogP contribution in [0.4, 0.5) is 5.69 Å². The molecule has 0 saturated heterocycles. The molecule has 2 bridgehead atoms. The fraction of sp³-hybridized carbons (Fsp3) is 0.333. The maximum atomic E-state index is 12.5. The molecule has 6 heteroatoms. The van der Waals surface area contributed by atoms with Crippen molar-refractivity contribution in [2.45, 2.75) is 6.42 Å². The van der Waals surface area contributed by atoms with Crippen LogP contribution in [0.1, 0.15) is 6.42 Å². The van der Waals surface area contributed by atoms with Gasteiger partial charge in [0.25, 0.3) is 0 Å². The third-order valence-corrected chi connectivity index (χ3v) is 5.06. The largest absolute Gasteiger partial charge is 0.481 e. The summed E-state index contributed by atoms with van der Waals surface area (Å²) in [6.45, 7) is 0. The molecule has 1 aromatic rings. The van der Waals surface area contributed by atoms with Crippen molar-refractivity contribution in [2.24, 2.45) is 23.7 Å². The smallest absolute Gasteiger partial charge is 0.307 e. The van der Waals surface area contributed by atoms with Crippen molar-refractivity contribution in [3.63, 3.8) is 0 Å². The van der Waals surface area contributed by atoms with E-state index >= 15 is 0 Å². The number of carboxylic acids is 1. The second-order valence-electron chi connectivity index (χ2n) is 5.45. The number of nitrogens with one attached hydrogen (secondary N) is 1. The van der Waals surface area contributed by atoms with Crippen molar-refractivity contribution in [2.75, 3.05) is 5.32 Å². The van der Waals surface area contributed by atoms with Gasteiger partial charge in [0.2, 0.25) is 5.91 Å². The molecule has 0 heterocycles. The highest BCUT2D eigenvalue weighted by molar-refractivity contribution is 9.10. The Morgan fingerprint density at radius 2 is 1.90 bits per heavy atom. The first-order valence-electron chi connectivity index (χ1n) is 6.64. The summed E-state index contributed by atoms with van der Waals surface area (Å²) in [6, 6.07) is 5.16. The molecule has 1 saturated carbocycles. The Kier molecular flexibility index (Phi) is 3.80. The third kappa shape index (κ3) is 2.60. The fourth-order valence-corrected chi connectivity index (χ4v) is 3.85. The topological polar surface area (TPSA) is 66.4 Å². The summed E-state index contributed by atoms with van der Waals surface area (Å²) < 4.78 is 0.796. The number of carbonyl (C=O) groups is 2. The zero-order valence-electron chi connectivity index (χ0n) is 10.9. The number of benzene rings is 1. The Bertz CT molecular complexity index is 646. The standard InChI is InChI=1S/C15H13BrClNO3/c16-9-3-4-10(17)11(6-9)18-14(19)12-7-1-2-8(5-7)13(12)15(20)21/h1-4,6-8,12-13H,5H2,(H,18,19)(H,20,21). The lowest BCUT2D eigenvalue weighted by Crippen LogP contribution is -2.36. The van der Waals surface area contributed by atoms with Crippen molar-refractivity contribution in [1.82, 2.24) is 0 Å². The molecule has 2 aliphatic rings. The predicted molar refractivity (Wildman–Crippen MR) is 83.1 cm³/mol. The molecule has 2 N–H and O–H groups in total. The van der Waals surface area contributed by atoms with Gasteiger partial charge < -0.3 is 10.4 Å². The number of rotatable bonds is 3. The summed E-state index contributed by atoms with van der Waals surface area (Å²) >= 11 is 9.38. The Balaban J connectivity index is 1.83. The molecule has 1 fully saturated rings. The average Bonchev–Trinajstić information content (AvgIpc) is 3.03. The van der Waals surface area contributed by atoms with Gasteiger partial charge in [0.15, 0.2) is 0 Å². The molecule has 0 aromatic heterocycles. The molecular weight excluding hydrogens is 358 g/mol. The minimum atomic E-state index is -0.910. The highest BCUT2D eigenvalue weighted by atomic mass is 79.9. The van der Waals surface area contributed by atoms with E-state index in [0.717, 1.165) is 10.9 Å². The molecule has 21 heavy (non-hydrogen) atoms. The van der Waals surface area contributed by atoms with Crippen LogP contribution in [-0.2, 0) is 9.59 Å². The summed E-state index contributed by atoms with van der Waals surface area (Å²) in [6.07, 6.45) is 4.61. The third-order valence-electron chi connectivity index (χ3n) is 4.23. The minimum absolute atomic E-state index is 0.00188. The number of carboxylic acid groups (broad SMARTS) is 1. The number of allylic oxidation sites excluding steroid dienone is 2. The summed E-state index contributed by atoms with van der Waals surface area (Å²) in [7, 11) is 0. The normalized spacial score (nSPS) is 29.6. The number of carbonyl (C=O) groups excluding carboxylic acids is 1. The molecule has 0 aliphatic heterocycles. The van der Waals surface area contributed by atoms with Crippen LogP contribution < -0.4 is 5.32 Å². The predicted octanol–water partition coefficient (Wildman–Crippen LogP) is 3.56. The van der Waals surface area contributed by atoms with Gasteiger partial charge in [-0.05, 0) is 36.5 Å². The van der Waals surface area contributed by atoms with Gasteiger partial charge in [-0.15, -0.1) is 0 Å². The van der Waals surface area contributed by atoms with Gasteiger partial charge in [-0.3, -0.25) is 9.59 Å². The number of hydrogen-bond acceptors (Lipinski definition) is 2. The van der Waals surface area contributed by atoms with E-state index in [1.54, 1.807) is 18.2 Å². The molecule has 1 aromatic carbocycles. The molecule has 1 amide bonds. The van der Waals surface area contributed by atoms with Crippen molar-refractivity contribution in [3.05, 3.63) is 39.8 Å². The summed E-state index contributed by atoms with van der Waals surface area (Å²) in [5, 5.41) is 12.6. The van der Waals surface area contributed by atoms with Crippen molar-refractivity contribution < 1.29 is 14.7 Å². The van der Waals surface area contributed by atoms with E-state index in [0.29, 0.717) is 10.7 Å². The fourth-order valence-electron chi connectivity index (χ4n) is 3.33. The first-order valence-corrected chi connectivity index (χ1v) is 7.81. The average molecular weight is 371 g/mol. The van der Waals surface area contributed by atoms with Crippen LogP contribution in [0.5, 0.6) is 0 Å². The molecular formula is C15H13BrClNO3. The lowest BCUT2D eigenvalue weighted by atomic mass is 9.82. The lowest BCUT2D eigenvalue weighted by Gasteiger charge is -2.24. The first kappa shape index (κ1) is 14.6.